The van der Waals surface area contributed by atoms with E-state index in [0.717, 1.165) is 5.56 Å². The molecule has 0 aliphatic heterocycles. The Morgan fingerprint density at radius 3 is 2.42 bits per heavy atom. The van der Waals surface area contributed by atoms with Crippen LogP contribution in [0.5, 0.6) is 0 Å². The molecule has 1 rings (SSSR count). The first-order valence-corrected chi connectivity index (χ1v) is 7.99. The summed E-state index contributed by atoms with van der Waals surface area (Å²) >= 11 is 0. The first-order chi connectivity index (χ1) is 11.4. The summed E-state index contributed by atoms with van der Waals surface area (Å²) < 4.78 is 5.66. The maximum atomic E-state index is 12.2. The molecule has 0 saturated heterocycles. The van der Waals surface area contributed by atoms with Crippen molar-refractivity contribution >= 4 is 5.78 Å². The highest BCUT2D eigenvalue weighted by molar-refractivity contribution is 5.96. The Morgan fingerprint density at radius 2 is 1.79 bits per heavy atom. The van der Waals surface area contributed by atoms with Crippen molar-refractivity contribution in [1.82, 2.24) is 0 Å². The normalized spacial score (nSPS) is 13.1. The predicted molar refractivity (Wildman–Crippen MR) is 92.7 cm³/mol. The van der Waals surface area contributed by atoms with Crippen LogP contribution in [0.2, 0.25) is 0 Å². The van der Waals surface area contributed by atoms with Crippen molar-refractivity contribution in [3.05, 3.63) is 59.6 Å². The lowest BCUT2D eigenvalue weighted by molar-refractivity contribution is -0.136. The number of ketones is 1. The van der Waals surface area contributed by atoms with Gasteiger partial charge in [-0.15, -0.1) is 0 Å². The zero-order valence-electron chi connectivity index (χ0n) is 14.2. The monoisotopic (exact) mass is 334 g/mol. The van der Waals surface area contributed by atoms with E-state index < -0.39 is 5.60 Å². The number of rotatable bonds is 10. The average molecular weight is 334 g/mol. The van der Waals surface area contributed by atoms with Crippen LogP contribution in [-0.4, -0.2) is 33.3 Å². The van der Waals surface area contributed by atoms with E-state index in [0.29, 0.717) is 19.4 Å². The molecular weight excluding hydrogens is 308 g/mol. The molecule has 5 nitrogen and oxygen atoms in total. The van der Waals surface area contributed by atoms with Gasteiger partial charge in [-0.05, 0) is 44.4 Å². The van der Waals surface area contributed by atoms with Gasteiger partial charge in [-0.3, -0.25) is 4.79 Å². The molecule has 0 radical (unpaired) electrons. The summed E-state index contributed by atoms with van der Waals surface area (Å²) in [6, 6.07) is 9.53. The Hall–Kier alpha value is -2.11. The first kappa shape index (κ1) is 19.9. The van der Waals surface area contributed by atoms with Crippen molar-refractivity contribution in [1.29, 1.82) is 0 Å². The van der Waals surface area contributed by atoms with E-state index in [1.54, 1.807) is 13.8 Å². The molecule has 0 aliphatic rings. The van der Waals surface area contributed by atoms with Gasteiger partial charge in [-0.1, -0.05) is 30.3 Å². The summed E-state index contributed by atoms with van der Waals surface area (Å²) in [5, 5.41) is 28.1. The molecule has 0 unspecified atom stereocenters. The fourth-order valence-electron chi connectivity index (χ4n) is 1.89. The van der Waals surface area contributed by atoms with Crippen LogP contribution in [0.25, 0.3) is 0 Å². The summed E-state index contributed by atoms with van der Waals surface area (Å²) in [6.45, 7) is 3.66. The SMILES string of the molecule is CC(C)(OCc1ccccc1)C(=O)/C=C\C(O)=C(\O)CCCCO. The van der Waals surface area contributed by atoms with Crippen LogP contribution in [0, 0.1) is 0 Å². The van der Waals surface area contributed by atoms with Gasteiger partial charge in [-0.25, -0.2) is 0 Å². The summed E-state index contributed by atoms with van der Waals surface area (Å²) in [5.74, 6) is -0.858. The smallest absolute Gasteiger partial charge is 0.187 e. The van der Waals surface area contributed by atoms with Gasteiger partial charge in [0.05, 0.1) is 6.61 Å². The van der Waals surface area contributed by atoms with Crippen molar-refractivity contribution in [3.63, 3.8) is 0 Å². The van der Waals surface area contributed by atoms with Crippen LogP contribution in [0.15, 0.2) is 54.0 Å². The van der Waals surface area contributed by atoms with E-state index in [4.69, 9.17) is 9.84 Å². The van der Waals surface area contributed by atoms with Gasteiger partial charge in [0.25, 0.3) is 0 Å². The van der Waals surface area contributed by atoms with Gasteiger partial charge in [0.1, 0.15) is 11.4 Å². The van der Waals surface area contributed by atoms with Gasteiger partial charge in [-0.2, -0.15) is 0 Å². The van der Waals surface area contributed by atoms with Crippen LogP contribution in [-0.2, 0) is 16.1 Å². The van der Waals surface area contributed by atoms with Crippen molar-refractivity contribution in [2.75, 3.05) is 6.61 Å². The molecule has 0 aliphatic carbocycles. The molecule has 5 heteroatoms. The first-order valence-electron chi connectivity index (χ1n) is 7.99. The quantitative estimate of drug-likeness (QED) is 0.263. The third-order valence-corrected chi connectivity index (χ3v) is 3.55. The molecule has 3 N–H and O–H groups in total. The molecular formula is C19H26O5. The number of unbranched alkanes of at least 4 members (excludes halogenated alkanes) is 1. The minimum Gasteiger partial charge on any atom is -0.508 e. The number of benzene rings is 1. The van der Waals surface area contributed by atoms with Crippen LogP contribution < -0.4 is 0 Å². The lowest BCUT2D eigenvalue weighted by atomic mass is 10.0. The fourth-order valence-corrected chi connectivity index (χ4v) is 1.89. The molecule has 132 valence electrons. The third-order valence-electron chi connectivity index (χ3n) is 3.55. The Bertz CT molecular complexity index is 573. The zero-order valence-corrected chi connectivity index (χ0v) is 14.2. The van der Waals surface area contributed by atoms with Gasteiger partial charge < -0.3 is 20.1 Å². The van der Waals surface area contributed by atoms with Gasteiger partial charge >= 0.3 is 0 Å². The molecule has 0 saturated carbocycles. The molecule has 0 spiro atoms. The Balaban J connectivity index is 2.58. The Kier molecular flexibility index (Phi) is 8.22. The Morgan fingerprint density at radius 1 is 1.12 bits per heavy atom. The van der Waals surface area contributed by atoms with E-state index in [1.807, 2.05) is 30.3 Å². The third kappa shape index (κ3) is 6.98. The average Bonchev–Trinajstić information content (AvgIpc) is 2.58. The lowest BCUT2D eigenvalue weighted by Gasteiger charge is -2.22. The molecule has 0 bridgehead atoms. The number of carbonyl (C=O) groups is 1. The molecule has 0 aromatic heterocycles. The maximum absolute atomic E-state index is 12.2. The summed E-state index contributed by atoms with van der Waals surface area (Å²) in [6.07, 6.45) is 3.71. The number of allylic oxidation sites excluding steroid dienone is 2. The molecule has 1 aromatic carbocycles. The van der Waals surface area contributed by atoms with E-state index >= 15 is 0 Å². The second kappa shape index (κ2) is 9.90. The number of hydrogen-bond acceptors (Lipinski definition) is 5. The van der Waals surface area contributed by atoms with Crippen LogP contribution >= 0.6 is 0 Å². The minimum atomic E-state index is -1.04. The molecule has 0 fully saturated rings. The Labute approximate surface area is 142 Å². The zero-order chi connectivity index (χ0) is 18.0. The van der Waals surface area contributed by atoms with Crippen LogP contribution in [0.1, 0.15) is 38.7 Å². The second-order valence-electron chi connectivity index (χ2n) is 5.99. The maximum Gasteiger partial charge on any atom is 0.187 e. The molecule has 0 atom stereocenters. The number of carbonyl (C=O) groups excluding carboxylic acids is 1. The number of ether oxygens (including phenoxy) is 1. The van der Waals surface area contributed by atoms with Gasteiger partial charge in [0, 0.05) is 13.0 Å². The topological polar surface area (TPSA) is 87.0 Å². The number of hydrogen-bond donors (Lipinski definition) is 3. The number of aliphatic hydroxyl groups is 3. The molecule has 1 aromatic rings. The van der Waals surface area contributed by atoms with E-state index in [1.165, 1.54) is 12.2 Å². The summed E-state index contributed by atoms with van der Waals surface area (Å²) in [7, 11) is 0. The van der Waals surface area contributed by atoms with Crippen molar-refractivity contribution in [2.45, 2.75) is 45.3 Å². The minimum absolute atomic E-state index is 0.0370. The van der Waals surface area contributed by atoms with Crippen molar-refractivity contribution < 1.29 is 24.9 Å². The fraction of sp³-hybridized carbons (Fsp3) is 0.421. The highest BCUT2D eigenvalue weighted by Crippen LogP contribution is 2.16. The highest BCUT2D eigenvalue weighted by Gasteiger charge is 2.26. The van der Waals surface area contributed by atoms with E-state index in [2.05, 4.69) is 0 Å². The predicted octanol–water partition coefficient (Wildman–Crippen LogP) is 3.60. The van der Waals surface area contributed by atoms with E-state index in [9.17, 15) is 15.0 Å². The summed E-state index contributed by atoms with van der Waals surface area (Å²) in [5.41, 5.74) is -0.0781. The van der Waals surface area contributed by atoms with Gasteiger partial charge in [0.15, 0.2) is 11.5 Å². The molecule has 0 amide bonds. The van der Waals surface area contributed by atoms with Crippen molar-refractivity contribution in [2.24, 2.45) is 0 Å². The molecule has 0 heterocycles. The van der Waals surface area contributed by atoms with Gasteiger partial charge in [0.2, 0.25) is 0 Å². The summed E-state index contributed by atoms with van der Waals surface area (Å²) in [4.78, 5) is 12.2. The molecule has 24 heavy (non-hydrogen) atoms. The second-order valence-corrected chi connectivity index (χ2v) is 5.99. The lowest BCUT2D eigenvalue weighted by Crippen LogP contribution is -2.33. The van der Waals surface area contributed by atoms with Crippen molar-refractivity contribution in [3.8, 4) is 0 Å². The standard InChI is InChI=1S/C19H26O5/c1-19(2,24-14-15-8-4-3-5-9-15)18(23)12-11-17(22)16(21)10-6-7-13-20/h3-5,8-9,11-12,20-22H,6-7,10,13-14H2,1-2H3/b12-11-,17-16-. The van der Waals surface area contributed by atoms with E-state index in [-0.39, 0.29) is 30.3 Å². The largest absolute Gasteiger partial charge is 0.508 e. The van der Waals surface area contributed by atoms with Crippen LogP contribution in [0.3, 0.4) is 0 Å². The highest BCUT2D eigenvalue weighted by atomic mass is 16.5. The number of aliphatic hydroxyl groups excluding tert-OH is 3. The van der Waals surface area contributed by atoms with Crippen LogP contribution in [0.4, 0.5) is 0 Å².